The maximum atomic E-state index is 5.74. The molecule has 3 aromatic heterocycles. The summed E-state index contributed by atoms with van der Waals surface area (Å²) in [7, 11) is 1.73. The SMILES string of the molecule is COCCCN1C(=S)N[C@@H](c2ccccn2)[C@H]1c1cc(C)n(Cc2ccco2)c1C. The van der Waals surface area contributed by atoms with E-state index in [9.17, 15) is 0 Å². The molecule has 0 aliphatic carbocycles. The van der Waals surface area contributed by atoms with Gasteiger partial charge in [-0.15, -0.1) is 0 Å². The van der Waals surface area contributed by atoms with E-state index in [0.717, 1.165) is 29.5 Å². The van der Waals surface area contributed by atoms with Crippen LogP contribution < -0.4 is 5.32 Å². The number of hydrogen-bond donors (Lipinski definition) is 1. The van der Waals surface area contributed by atoms with E-state index >= 15 is 0 Å². The van der Waals surface area contributed by atoms with Crippen LogP contribution in [0.15, 0.2) is 53.3 Å². The molecule has 2 atom stereocenters. The van der Waals surface area contributed by atoms with Crippen molar-refractivity contribution in [1.82, 2.24) is 19.8 Å². The molecule has 1 aliphatic heterocycles. The van der Waals surface area contributed by atoms with Crippen molar-refractivity contribution in [2.75, 3.05) is 20.3 Å². The second-order valence-electron chi connectivity index (χ2n) is 7.66. The van der Waals surface area contributed by atoms with Crippen molar-refractivity contribution < 1.29 is 9.15 Å². The molecule has 1 fully saturated rings. The molecule has 0 saturated carbocycles. The molecule has 1 N–H and O–H groups in total. The van der Waals surface area contributed by atoms with Crippen LogP contribution in [-0.4, -0.2) is 39.8 Å². The predicted molar refractivity (Wildman–Crippen MR) is 120 cm³/mol. The van der Waals surface area contributed by atoms with Gasteiger partial charge in [0, 0.05) is 37.8 Å². The van der Waals surface area contributed by atoms with Crippen molar-refractivity contribution in [3.8, 4) is 0 Å². The minimum atomic E-state index is -0.00110. The average Bonchev–Trinajstić information content (AvgIpc) is 3.45. The summed E-state index contributed by atoms with van der Waals surface area (Å²) in [5.74, 6) is 0.946. The van der Waals surface area contributed by atoms with Crippen molar-refractivity contribution >= 4 is 17.3 Å². The number of thiocarbonyl (C=S) groups is 1. The Morgan fingerprint density at radius 2 is 2.10 bits per heavy atom. The smallest absolute Gasteiger partial charge is 0.170 e. The lowest BCUT2D eigenvalue weighted by Gasteiger charge is -2.28. The minimum absolute atomic E-state index is 0.00110. The molecule has 0 unspecified atom stereocenters. The molecule has 30 heavy (non-hydrogen) atoms. The molecule has 0 aromatic carbocycles. The molecular formula is C23H28N4O2S. The summed E-state index contributed by atoms with van der Waals surface area (Å²) in [6.07, 6.45) is 4.47. The largest absolute Gasteiger partial charge is 0.467 e. The van der Waals surface area contributed by atoms with Gasteiger partial charge < -0.3 is 23.9 Å². The van der Waals surface area contributed by atoms with Crippen LogP contribution in [0.2, 0.25) is 0 Å². The fourth-order valence-corrected chi connectivity index (χ4v) is 4.62. The summed E-state index contributed by atoms with van der Waals surface area (Å²) in [4.78, 5) is 6.91. The maximum absolute atomic E-state index is 5.74. The number of aryl methyl sites for hydroxylation is 1. The van der Waals surface area contributed by atoms with E-state index < -0.39 is 0 Å². The van der Waals surface area contributed by atoms with Gasteiger partial charge in [0.2, 0.25) is 0 Å². The minimum Gasteiger partial charge on any atom is -0.467 e. The molecule has 1 aliphatic rings. The lowest BCUT2D eigenvalue weighted by Crippen LogP contribution is -2.31. The van der Waals surface area contributed by atoms with Gasteiger partial charge in [-0.25, -0.2) is 0 Å². The van der Waals surface area contributed by atoms with Crippen molar-refractivity contribution in [2.24, 2.45) is 0 Å². The summed E-state index contributed by atoms with van der Waals surface area (Å²) < 4.78 is 13.2. The van der Waals surface area contributed by atoms with Crippen LogP contribution in [0.3, 0.4) is 0 Å². The van der Waals surface area contributed by atoms with Crippen LogP contribution in [0.25, 0.3) is 0 Å². The predicted octanol–water partition coefficient (Wildman–Crippen LogP) is 4.15. The Morgan fingerprint density at radius 3 is 2.80 bits per heavy atom. The first kappa shape index (κ1) is 20.6. The van der Waals surface area contributed by atoms with E-state index in [-0.39, 0.29) is 12.1 Å². The first-order valence-corrected chi connectivity index (χ1v) is 10.7. The summed E-state index contributed by atoms with van der Waals surface area (Å²) in [5.41, 5.74) is 4.68. The number of ether oxygens (including phenoxy) is 1. The van der Waals surface area contributed by atoms with Crippen molar-refractivity contribution in [1.29, 1.82) is 0 Å². The molecule has 0 radical (unpaired) electrons. The number of aromatic nitrogens is 2. The number of rotatable bonds is 8. The zero-order chi connectivity index (χ0) is 21.1. The third kappa shape index (κ3) is 4.00. The van der Waals surface area contributed by atoms with E-state index in [1.165, 1.54) is 17.0 Å². The normalized spacial score (nSPS) is 18.8. The molecule has 4 rings (SSSR count). The summed E-state index contributed by atoms with van der Waals surface area (Å²) in [5, 5.41) is 4.29. The molecule has 4 heterocycles. The number of nitrogens with zero attached hydrogens (tertiary/aromatic N) is 3. The fraction of sp³-hybridized carbons (Fsp3) is 0.391. The van der Waals surface area contributed by atoms with Crippen molar-refractivity contribution in [2.45, 2.75) is 38.9 Å². The van der Waals surface area contributed by atoms with E-state index in [1.54, 1.807) is 13.4 Å². The summed E-state index contributed by atoms with van der Waals surface area (Å²) in [6.45, 7) is 6.57. The fourth-order valence-electron chi connectivity index (χ4n) is 4.29. The van der Waals surface area contributed by atoms with E-state index in [2.05, 4.69) is 45.7 Å². The Labute approximate surface area is 182 Å². The van der Waals surface area contributed by atoms with E-state index in [1.807, 2.05) is 30.5 Å². The highest BCUT2D eigenvalue weighted by molar-refractivity contribution is 7.80. The van der Waals surface area contributed by atoms with Gasteiger partial charge in [-0.3, -0.25) is 4.98 Å². The van der Waals surface area contributed by atoms with Crippen LogP contribution >= 0.6 is 12.2 Å². The Hall–Kier alpha value is -2.64. The van der Waals surface area contributed by atoms with Crippen molar-refractivity contribution in [3.05, 3.63) is 77.3 Å². The quantitative estimate of drug-likeness (QED) is 0.433. The highest BCUT2D eigenvalue weighted by Crippen LogP contribution is 2.40. The van der Waals surface area contributed by atoms with Gasteiger partial charge in [0.15, 0.2) is 5.11 Å². The molecule has 1 saturated heterocycles. The Morgan fingerprint density at radius 1 is 1.23 bits per heavy atom. The molecule has 6 nitrogen and oxygen atoms in total. The van der Waals surface area contributed by atoms with E-state index in [0.29, 0.717) is 13.2 Å². The van der Waals surface area contributed by atoms with E-state index in [4.69, 9.17) is 21.4 Å². The van der Waals surface area contributed by atoms with Crippen LogP contribution in [0, 0.1) is 13.8 Å². The Balaban J connectivity index is 1.72. The molecule has 158 valence electrons. The zero-order valence-corrected chi connectivity index (χ0v) is 18.5. The molecule has 0 bridgehead atoms. The van der Waals surface area contributed by atoms with Gasteiger partial charge in [-0.2, -0.15) is 0 Å². The topological polar surface area (TPSA) is 55.5 Å². The Kier molecular flexibility index (Phi) is 6.20. The van der Waals surface area contributed by atoms with Gasteiger partial charge in [0.05, 0.1) is 30.6 Å². The summed E-state index contributed by atoms with van der Waals surface area (Å²) >= 11 is 5.74. The third-order valence-corrected chi connectivity index (χ3v) is 6.12. The second kappa shape index (κ2) is 9.02. The maximum Gasteiger partial charge on any atom is 0.170 e. The second-order valence-corrected chi connectivity index (χ2v) is 8.05. The first-order chi connectivity index (χ1) is 14.6. The number of methoxy groups -OCH3 is 1. The molecule has 0 spiro atoms. The molecule has 0 amide bonds. The summed E-state index contributed by atoms with van der Waals surface area (Å²) in [6, 6.07) is 12.3. The molecule has 7 heteroatoms. The Bertz CT molecular complexity index is 984. The van der Waals surface area contributed by atoms with Crippen LogP contribution in [0.4, 0.5) is 0 Å². The van der Waals surface area contributed by atoms with Crippen LogP contribution in [0.1, 0.15) is 46.9 Å². The van der Waals surface area contributed by atoms with Gasteiger partial charge in [0.25, 0.3) is 0 Å². The number of pyridine rings is 1. The van der Waals surface area contributed by atoms with Crippen LogP contribution in [0.5, 0.6) is 0 Å². The lowest BCUT2D eigenvalue weighted by atomic mass is 9.96. The number of nitrogens with one attached hydrogen (secondary N) is 1. The van der Waals surface area contributed by atoms with Gasteiger partial charge in [-0.1, -0.05) is 6.07 Å². The average molecular weight is 425 g/mol. The highest BCUT2D eigenvalue weighted by atomic mass is 32.1. The monoisotopic (exact) mass is 424 g/mol. The van der Waals surface area contributed by atoms with Crippen LogP contribution in [-0.2, 0) is 11.3 Å². The highest BCUT2D eigenvalue weighted by Gasteiger charge is 2.41. The third-order valence-electron chi connectivity index (χ3n) is 5.77. The first-order valence-electron chi connectivity index (χ1n) is 10.3. The van der Waals surface area contributed by atoms with Gasteiger partial charge in [0.1, 0.15) is 5.76 Å². The lowest BCUT2D eigenvalue weighted by molar-refractivity contribution is 0.180. The van der Waals surface area contributed by atoms with Gasteiger partial charge >= 0.3 is 0 Å². The number of hydrogen-bond acceptors (Lipinski definition) is 4. The van der Waals surface area contributed by atoms with Crippen molar-refractivity contribution in [3.63, 3.8) is 0 Å². The zero-order valence-electron chi connectivity index (χ0n) is 17.7. The molecule has 3 aromatic rings. The standard InChI is InChI=1S/C23H28N4O2S/c1-16-14-19(17(2)27(16)15-18-8-6-13-29-18)22-21(20-9-4-5-10-24-20)25-23(30)26(22)11-7-12-28-3/h4-6,8-10,13-14,21-22H,7,11-12,15H2,1-3H3,(H,25,30)/t21-,22+/m0/s1. The molecular weight excluding hydrogens is 396 g/mol. The van der Waals surface area contributed by atoms with Gasteiger partial charge in [-0.05, 0) is 68.4 Å². The number of furan rings is 1.